The second-order valence-electron chi connectivity index (χ2n) is 6.64. The molecule has 0 aromatic heterocycles. The number of carbonyl (C=O) groups excluding carboxylic acids is 1. The standard InChI is InChI=1S/C20H22N2O3/c23-16-6-3-5-15(12-16)19-13-22(10-11-25-19)20(24)21-18-9-8-14-4-1-2-7-17(14)18/h1-7,12,18-19,23H,8-11,13H2,(H,21,24)/t18-,19+/m0/s1. The first kappa shape index (κ1) is 16.0. The Bertz CT molecular complexity index is 777. The van der Waals surface area contributed by atoms with E-state index >= 15 is 0 Å². The third-order valence-electron chi connectivity index (χ3n) is 5.03. The second kappa shape index (κ2) is 6.76. The summed E-state index contributed by atoms with van der Waals surface area (Å²) in [6.45, 7) is 1.56. The highest BCUT2D eigenvalue weighted by atomic mass is 16.5. The Kier molecular flexibility index (Phi) is 4.32. The summed E-state index contributed by atoms with van der Waals surface area (Å²) in [5.74, 6) is 0.213. The topological polar surface area (TPSA) is 61.8 Å². The number of hydrogen-bond donors (Lipinski definition) is 2. The molecule has 1 saturated heterocycles. The average molecular weight is 338 g/mol. The lowest BCUT2D eigenvalue weighted by molar-refractivity contribution is -0.0158. The summed E-state index contributed by atoms with van der Waals surface area (Å²) in [4.78, 5) is 14.5. The van der Waals surface area contributed by atoms with Gasteiger partial charge in [-0.05, 0) is 41.7 Å². The zero-order chi connectivity index (χ0) is 17.2. The van der Waals surface area contributed by atoms with Crippen molar-refractivity contribution in [2.24, 2.45) is 0 Å². The zero-order valence-electron chi connectivity index (χ0n) is 14.0. The SMILES string of the molecule is O=C(N[C@H]1CCc2ccccc21)N1CCO[C@@H](c2cccc(O)c2)C1. The zero-order valence-corrected chi connectivity index (χ0v) is 14.0. The van der Waals surface area contributed by atoms with Gasteiger partial charge in [-0.2, -0.15) is 0 Å². The molecule has 2 aromatic carbocycles. The number of amides is 2. The van der Waals surface area contributed by atoms with Crippen LogP contribution in [0, 0.1) is 0 Å². The van der Waals surface area contributed by atoms with Gasteiger partial charge in [0.1, 0.15) is 11.9 Å². The van der Waals surface area contributed by atoms with E-state index in [4.69, 9.17) is 4.74 Å². The van der Waals surface area contributed by atoms with E-state index < -0.39 is 0 Å². The Morgan fingerprint density at radius 3 is 2.96 bits per heavy atom. The summed E-state index contributed by atoms with van der Waals surface area (Å²) in [7, 11) is 0. The molecule has 1 fully saturated rings. The van der Waals surface area contributed by atoms with Crippen LogP contribution < -0.4 is 5.32 Å². The lowest BCUT2D eigenvalue weighted by atomic mass is 10.1. The van der Waals surface area contributed by atoms with Gasteiger partial charge in [-0.1, -0.05) is 36.4 Å². The Balaban J connectivity index is 1.42. The van der Waals surface area contributed by atoms with E-state index in [1.807, 2.05) is 18.2 Å². The third-order valence-corrected chi connectivity index (χ3v) is 5.03. The van der Waals surface area contributed by atoms with Gasteiger partial charge in [0.15, 0.2) is 0 Å². The van der Waals surface area contributed by atoms with E-state index in [-0.39, 0.29) is 23.9 Å². The van der Waals surface area contributed by atoms with Gasteiger partial charge in [0, 0.05) is 6.54 Å². The van der Waals surface area contributed by atoms with Gasteiger partial charge in [0.25, 0.3) is 0 Å². The van der Waals surface area contributed by atoms with Crippen LogP contribution in [0.15, 0.2) is 48.5 Å². The molecule has 2 amide bonds. The number of nitrogens with zero attached hydrogens (tertiary/aromatic N) is 1. The minimum atomic E-state index is -0.206. The van der Waals surface area contributed by atoms with Gasteiger partial charge in [-0.25, -0.2) is 4.79 Å². The molecule has 4 rings (SSSR count). The van der Waals surface area contributed by atoms with Crippen LogP contribution in [0.3, 0.4) is 0 Å². The molecule has 25 heavy (non-hydrogen) atoms. The summed E-state index contributed by atoms with van der Waals surface area (Å²) in [6, 6.07) is 15.4. The maximum Gasteiger partial charge on any atom is 0.318 e. The van der Waals surface area contributed by atoms with Crippen LogP contribution in [-0.2, 0) is 11.2 Å². The number of hydrogen-bond acceptors (Lipinski definition) is 3. The first-order valence-corrected chi connectivity index (χ1v) is 8.74. The van der Waals surface area contributed by atoms with Crippen LogP contribution in [0.25, 0.3) is 0 Å². The van der Waals surface area contributed by atoms with Gasteiger partial charge >= 0.3 is 6.03 Å². The van der Waals surface area contributed by atoms with Crippen molar-refractivity contribution in [2.45, 2.75) is 25.0 Å². The quantitative estimate of drug-likeness (QED) is 0.884. The molecule has 130 valence electrons. The number of aromatic hydroxyl groups is 1. The maximum absolute atomic E-state index is 12.7. The van der Waals surface area contributed by atoms with Gasteiger partial charge in [-0.3, -0.25) is 0 Å². The number of phenolic OH excluding ortho intramolecular Hbond substituents is 1. The molecule has 2 atom stereocenters. The highest BCUT2D eigenvalue weighted by Gasteiger charge is 2.29. The largest absolute Gasteiger partial charge is 0.508 e. The number of fused-ring (bicyclic) bond motifs is 1. The molecule has 1 heterocycles. The van der Waals surface area contributed by atoms with Crippen molar-refractivity contribution >= 4 is 6.03 Å². The summed E-state index contributed by atoms with van der Waals surface area (Å²) in [5.41, 5.74) is 3.45. The smallest absolute Gasteiger partial charge is 0.318 e. The lowest BCUT2D eigenvalue weighted by Crippen LogP contribution is -2.47. The Hall–Kier alpha value is -2.53. The number of rotatable bonds is 2. The Labute approximate surface area is 147 Å². The minimum absolute atomic E-state index is 0.0462. The van der Waals surface area contributed by atoms with Crippen molar-refractivity contribution in [2.75, 3.05) is 19.7 Å². The highest BCUT2D eigenvalue weighted by molar-refractivity contribution is 5.75. The highest BCUT2D eigenvalue weighted by Crippen LogP contribution is 2.31. The third kappa shape index (κ3) is 3.33. The fourth-order valence-corrected chi connectivity index (χ4v) is 3.71. The summed E-state index contributed by atoms with van der Waals surface area (Å²) >= 11 is 0. The van der Waals surface area contributed by atoms with E-state index in [1.54, 1.807) is 23.1 Å². The predicted molar refractivity (Wildman–Crippen MR) is 94.4 cm³/mol. The van der Waals surface area contributed by atoms with Crippen molar-refractivity contribution in [3.8, 4) is 5.75 Å². The lowest BCUT2D eigenvalue weighted by Gasteiger charge is -2.34. The second-order valence-corrected chi connectivity index (χ2v) is 6.64. The number of carbonyl (C=O) groups is 1. The minimum Gasteiger partial charge on any atom is -0.508 e. The molecule has 1 aliphatic carbocycles. The fraction of sp³-hybridized carbons (Fsp3) is 0.350. The van der Waals surface area contributed by atoms with Crippen LogP contribution in [-0.4, -0.2) is 35.7 Å². The molecule has 0 spiro atoms. The average Bonchev–Trinajstić information content (AvgIpc) is 3.05. The molecule has 0 unspecified atom stereocenters. The number of benzene rings is 2. The number of nitrogens with one attached hydrogen (secondary N) is 1. The summed E-state index contributed by atoms with van der Waals surface area (Å²) in [5, 5.41) is 12.8. The van der Waals surface area contributed by atoms with Crippen molar-refractivity contribution in [1.29, 1.82) is 0 Å². The number of ether oxygens (including phenoxy) is 1. The summed E-state index contributed by atoms with van der Waals surface area (Å²) in [6.07, 6.45) is 1.75. The maximum atomic E-state index is 12.7. The molecular weight excluding hydrogens is 316 g/mol. The predicted octanol–water partition coefficient (Wildman–Crippen LogP) is 3.16. The molecule has 2 N–H and O–H groups in total. The van der Waals surface area contributed by atoms with Crippen LogP contribution in [0.1, 0.15) is 35.3 Å². The number of morpholine rings is 1. The molecule has 2 aromatic rings. The van der Waals surface area contributed by atoms with Crippen molar-refractivity contribution in [3.63, 3.8) is 0 Å². The fourth-order valence-electron chi connectivity index (χ4n) is 3.71. The van der Waals surface area contributed by atoms with E-state index in [0.29, 0.717) is 19.7 Å². The summed E-state index contributed by atoms with van der Waals surface area (Å²) < 4.78 is 5.79. The van der Waals surface area contributed by atoms with Crippen LogP contribution in [0.5, 0.6) is 5.75 Å². The van der Waals surface area contributed by atoms with E-state index in [0.717, 1.165) is 18.4 Å². The molecule has 0 saturated carbocycles. The first-order chi connectivity index (χ1) is 12.2. The molecule has 0 bridgehead atoms. The van der Waals surface area contributed by atoms with Gasteiger partial charge in [0.05, 0.1) is 19.2 Å². The number of aryl methyl sites for hydroxylation is 1. The number of phenols is 1. The monoisotopic (exact) mass is 338 g/mol. The normalized spacial score (nSPS) is 22.5. The molecular formula is C20H22N2O3. The van der Waals surface area contributed by atoms with Crippen LogP contribution >= 0.6 is 0 Å². The van der Waals surface area contributed by atoms with E-state index in [2.05, 4.69) is 17.4 Å². The molecule has 0 radical (unpaired) electrons. The molecule has 2 aliphatic rings. The van der Waals surface area contributed by atoms with Crippen molar-refractivity contribution < 1.29 is 14.6 Å². The van der Waals surface area contributed by atoms with E-state index in [1.165, 1.54) is 11.1 Å². The van der Waals surface area contributed by atoms with Gasteiger partial charge < -0.3 is 20.1 Å². The molecule has 5 heteroatoms. The molecule has 1 aliphatic heterocycles. The Morgan fingerprint density at radius 1 is 1.20 bits per heavy atom. The first-order valence-electron chi connectivity index (χ1n) is 8.74. The molecule has 5 nitrogen and oxygen atoms in total. The van der Waals surface area contributed by atoms with Gasteiger partial charge in [0.2, 0.25) is 0 Å². The van der Waals surface area contributed by atoms with E-state index in [9.17, 15) is 9.90 Å². The van der Waals surface area contributed by atoms with Gasteiger partial charge in [-0.15, -0.1) is 0 Å². The van der Waals surface area contributed by atoms with Crippen LogP contribution in [0.2, 0.25) is 0 Å². The Morgan fingerprint density at radius 2 is 2.08 bits per heavy atom. The van der Waals surface area contributed by atoms with Crippen molar-refractivity contribution in [3.05, 3.63) is 65.2 Å². The van der Waals surface area contributed by atoms with Crippen LogP contribution in [0.4, 0.5) is 4.79 Å². The van der Waals surface area contributed by atoms with Crippen molar-refractivity contribution in [1.82, 2.24) is 10.2 Å². The number of urea groups is 1.